The number of fused-ring (bicyclic) bond motifs is 1. The lowest BCUT2D eigenvalue weighted by atomic mass is 9.86. The second-order valence-corrected chi connectivity index (χ2v) is 9.77. The first-order chi connectivity index (χ1) is 16.6. The van der Waals surface area contributed by atoms with Gasteiger partial charge in [0.15, 0.2) is 0 Å². The Morgan fingerprint density at radius 2 is 2.03 bits per heavy atom. The van der Waals surface area contributed by atoms with Crippen LogP contribution in [0.2, 0.25) is 10.3 Å². The number of rotatable bonds is 5. The Hall–Kier alpha value is -2.94. The van der Waals surface area contributed by atoms with Crippen LogP contribution in [0.15, 0.2) is 48.7 Å². The van der Waals surface area contributed by atoms with Gasteiger partial charge in [0.1, 0.15) is 5.82 Å². The molecule has 35 heavy (non-hydrogen) atoms. The second-order valence-electron chi connectivity index (χ2n) is 8.34. The van der Waals surface area contributed by atoms with Crippen LogP contribution in [0.25, 0.3) is 0 Å². The molecule has 0 unspecified atom stereocenters. The summed E-state index contributed by atoms with van der Waals surface area (Å²) in [6.07, 6.45) is 1.57. The first-order valence-electron chi connectivity index (χ1n) is 10.4. The maximum absolute atomic E-state index is 13.3. The van der Waals surface area contributed by atoms with E-state index in [1.54, 1.807) is 42.6 Å². The fraction of sp³-hybridized carbons (Fsp3) is 0.208. The van der Waals surface area contributed by atoms with Crippen LogP contribution in [-0.4, -0.2) is 26.5 Å². The van der Waals surface area contributed by atoms with Gasteiger partial charge in [0.05, 0.1) is 33.3 Å². The van der Waals surface area contributed by atoms with Gasteiger partial charge in [-0.15, -0.1) is 0 Å². The summed E-state index contributed by atoms with van der Waals surface area (Å²) in [5, 5.41) is 12.6. The average molecular weight is 621 g/mol. The van der Waals surface area contributed by atoms with Gasteiger partial charge in [0.25, 0.3) is 5.91 Å². The third kappa shape index (κ3) is 5.05. The minimum Gasteiger partial charge on any atom is -0.322 e. The molecule has 3 aromatic rings. The van der Waals surface area contributed by atoms with Gasteiger partial charge in [-0.1, -0.05) is 46.3 Å². The van der Waals surface area contributed by atoms with Crippen LogP contribution < -0.4 is 15.1 Å². The van der Waals surface area contributed by atoms with Crippen LogP contribution in [0.1, 0.15) is 35.3 Å². The van der Waals surface area contributed by atoms with Crippen LogP contribution in [-0.2, 0) is 12.0 Å². The largest absolute Gasteiger partial charge is 0.331 e. The number of hydrogen-bond acceptors (Lipinski definition) is 5. The number of carbonyl (C=O) groups is 2. The van der Waals surface area contributed by atoms with Crippen molar-refractivity contribution in [3.8, 4) is 6.07 Å². The Bertz CT molecular complexity index is 1370. The fourth-order valence-electron chi connectivity index (χ4n) is 3.61. The molecule has 11 heteroatoms. The van der Waals surface area contributed by atoms with Gasteiger partial charge in [-0.2, -0.15) is 10.2 Å². The quantitative estimate of drug-likeness (QED) is 0.159. The van der Waals surface area contributed by atoms with Crippen molar-refractivity contribution in [2.24, 2.45) is 0 Å². The van der Waals surface area contributed by atoms with Gasteiger partial charge in [-0.3, -0.25) is 14.6 Å². The lowest BCUT2D eigenvalue weighted by Crippen LogP contribution is -2.47. The number of aromatic nitrogens is 2. The number of nitrogens with zero attached hydrogens (tertiary/aromatic N) is 5. The summed E-state index contributed by atoms with van der Waals surface area (Å²) in [5.74, 6) is 0.0754. The fourth-order valence-corrected chi connectivity index (χ4v) is 4.57. The average Bonchev–Trinajstić information content (AvgIpc) is 2.84. The van der Waals surface area contributed by atoms with Crippen LogP contribution in [0, 0.1) is 11.3 Å². The number of hydrogen-bond donors (Lipinski definition) is 1. The Kier molecular flexibility index (Phi) is 7.17. The maximum Gasteiger partial charge on any atom is 0.331 e. The SMILES string of the molecule is CC(C)(C#N)c1cccc(NC(=O)c2ccc(Cl)c(N3Cc4cnc(Cl)nc4N(CI)C3=O)c2)c1. The van der Waals surface area contributed by atoms with Gasteiger partial charge in [-0.25, -0.2) is 9.78 Å². The van der Waals surface area contributed by atoms with Crippen LogP contribution in [0.3, 0.4) is 0 Å². The van der Waals surface area contributed by atoms with Crippen LogP contribution >= 0.6 is 45.8 Å². The first kappa shape index (κ1) is 25.2. The Balaban J connectivity index is 1.64. The molecule has 0 fully saturated rings. The summed E-state index contributed by atoms with van der Waals surface area (Å²) in [7, 11) is 0. The predicted molar refractivity (Wildman–Crippen MR) is 144 cm³/mol. The lowest BCUT2D eigenvalue weighted by Gasteiger charge is -2.35. The second kappa shape index (κ2) is 9.97. The number of nitrogens with one attached hydrogen (secondary N) is 1. The number of benzene rings is 2. The molecule has 2 aromatic carbocycles. The monoisotopic (exact) mass is 620 g/mol. The zero-order chi connectivity index (χ0) is 25.3. The third-order valence-corrected chi connectivity index (χ3v) is 6.78. The lowest BCUT2D eigenvalue weighted by molar-refractivity contribution is 0.102. The first-order valence-corrected chi connectivity index (χ1v) is 12.7. The van der Waals surface area contributed by atoms with E-state index in [1.807, 2.05) is 19.9 Å². The number of carbonyl (C=O) groups excluding carboxylic acids is 2. The number of alkyl halides is 1. The van der Waals surface area contributed by atoms with Crippen molar-refractivity contribution >= 4 is 74.9 Å². The molecule has 8 nitrogen and oxygen atoms in total. The van der Waals surface area contributed by atoms with Gasteiger partial charge in [-0.05, 0) is 61.3 Å². The molecule has 178 valence electrons. The smallest absolute Gasteiger partial charge is 0.322 e. The zero-order valence-electron chi connectivity index (χ0n) is 18.7. The molecule has 2 heterocycles. The van der Waals surface area contributed by atoms with E-state index < -0.39 is 5.41 Å². The molecular weight excluding hydrogens is 602 g/mol. The summed E-state index contributed by atoms with van der Waals surface area (Å²) < 4.78 is 0.334. The van der Waals surface area contributed by atoms with E-state index >= 15 is 0 Å². The van der Waals surface area contributed by atoms with E-state index in [4.69, 9.17) is 23.2 Å². The van der Waals surface area contributed by atoms with Crippen molar-refractivity contribution < 1.29 is 9.59 Å². The van der Waals surface area contributed by atoms with Gasteiger partial charge in [0.2, 0.25) is 5.28 Å². The molecule has 1 aliphatic rings. The third-order valence-electron chi connectivity index (χ3n) is 5.60. The molecular formula is C24H19Cl2IN6O2. The molecule has 3 amide bonds. The van der Waals surface area contributed by atoms with Crippen molar-refractivity contribution in [1.29, 1.82) is 5.26 Å². The number of nitriles is 1. The zero-order valence-corrected chi connectivity index (χ0v) is 22.4. The van der Waals surface area contributed by atoms with Crippen molar-refractivity contribution in [3.05, 3.63) is 75.7 Å². The predicted octanol–water partition coefficient (Wildman–Crippen LogP) is 6.18. The standard InChI is InChI=1S/C24H19Cl2IN6O2/c1-24(2,12-28)16-4-3-5-17(9-16)30-21(34)14-6-7-18(25)19(8-14)32-11-15-10-29-22(26)31-20(15)33(13-27)23(32)35/h3-10H,11,13H2,1-2H3,(H,30,34). The molecule has 0 aliphatic carbocycles. The highest BCUT2D eigenvalue weighted by molar-refractivity contribution is 14.1. The Labute approximate surface area is 226 Å². The Morgan fingerprint density at radius 3 is 2.74 bits per heavy atom. The van der Waals surface area contributed by atoms with E-state index in [2.05, 4.69) is 43.9 Å². The molecule has 0 radical (unpaired) electrons. The summed E-state index contributed by atoms with van der Waals surface area (Å²) in [6.45, 7) is 3.80. The summed E-state index contributed by atoms with van der Waals surface area (Å²) >= 11 is 14.5. The Morgan fingerprint density at radius 1 is 1.26 bits per heavy atom. The topological polar surface area (TPSA) is 102 Å². The van der Waals surface area contributed by atoms with E-state index in [9.17, 15) is 14.9 Å². The summed E-state index contributed by atoms with van der Waals surface area (Å²) in [5.41, 5.74) is 2.06. The number of halogens is 3. The minimum atomic E-state index is -0.697. The van der Waals surface area contributed by atoms with E-state index in [0.717, 1.165) is 5.56 Å². The van der Waals surface area contributed by atoms with Crippen molar-refractivity contribution in [1.82, 2.24) is 9.97 Å². The van der Waals surface area contributed by atoms with Crippen molar-refractivity contribution in [2.75, 3.05) is 19.7 Å². The highest BCUT2D eigenvalue weighted by Crippen LogP contribution is 2.35. The molecule has 0 saturated carbocycles. The maximum atomic E-state index is 13.3. The summed E-state index contributed by atoms with van der Waals surface area (Å²) in [4.78, 5) is 37.5. The highest BCUT2D eigenvalue weighted by Gasteiger charge is 2.33. The molecule has 0 bridgehead atoms. The number of urea groups is 1. The van der Waals surface area contributed by atoms with Gasteiger partial charge < -0.3 is 5.32 Å². The van der Waals surface area contributed by atoms with Crippen LogP contribution in [0.5, 0.6) is 0 Å². The number of amides is 3. The van der Waals surface area contributed by atoms with Gasteiger partial charge in [0, 0.05) is 23.0 Å². The molecule has 1 aromatic heterocycles. The van der Waals surface area contributed by atoms with E-state index in [0.29, 0.717) is 37.9 Å². The molecule has 0 spiro atoms. The number of anilines is 3. The molecule has 1 aliphatic heterocycles. The van der Waals surface area contributed by atoms with E-state index in [1.165, 1.54) is 9.80 Å². The van der Waals surface area contributed by atoms with Crippen LogP contribution in [0.4, 0.5) is 22.0 Å². The highest BCUT2D eigenvalue weighted by atomic mass is 127. The van der Waals surface area contributed by atoms with E-state index in [-0.39, 0.29) is 23.8 Å². The molecule has 4 rings (SSSR count). The molecule has 0 saturated heterocycles. The van der Waals surface area contributed by atoms with Gasteiger partial charge >= 0.3 is 6.03 Å². The normalized spacial score (nSPS) is 13.3. The molecule has 0 atom stereocenters. The van der Waals surface area contributed by atoms with Crippen molar-refractivity contribution in [2.45, 2.75) is 25.8 Å². The summed E-state index contributed by atoms with van der Waals surface area (Å²) in [6, 6.07) is 13.8. The van der Waals surface area contributed by atoms with Crippen molar-refractivity contribution in [3.63, 3.8) is 0 Å². The molecule has 1 N–H and O–H groups in total. The minimum absolute atomic E-state index is 0.0544.